The highest BCUT2D eigenvalue weighted by Crippen LogP contribution is 2.41. The average molecular weight is 450 g/mol. The van der Waals surface area contributed by atoms with Crippen LogP contribution in [0.2, 0.25) is 0 Å². The Morgan fingerprint density at radius 3 is 2.21 bits per heavy atom. The molecule has 4 rings (SSSR count). The number of hydrogen-bond acceptors (Lipinski definition) is 6. The number of carbonyl (C=O) groups is 1. The summed E-state index contributed by atoms with van der Waals surface area (Å²) in [6.07, 6.45) is 1.61. The van der Waals surface area contributed by atoms with Crippen LogP contribution in [0.15, 0.2) is 54.3 Å². The Balaban J connectivity index is 1.61. The first kappa shape index (κ1) is 22.2. The van der Waals surface area contributed by atoms with Crippen molar-refractivity contribution >= 4 is 11.9 Å². The lowest BCUT2D eigenvalue weighted by Crippen LogP contribution is -2.00. The van der Waals surface area contributed by atoms with Crippen molar-refractivity contribution in [2.24, 2.45) is 0 Å². The number of rotatable bonds is 7. The monoisotopic (exact) mass is 450 g/mol. The van der Waals surface area contributed by atoms with Crippen molar-refractivity contribution in [3.05, 3.63) is 82.4 Å². The van der Waals surface area contributed by atoms with E-state index >= 15 is 0 Å². The molecular weight excluding hydrogens is 427 g/mol. The highest BCUT2D eigenvalue weighted by Gasteiger charge is 2.30. The van der Waals surface area contributed by atoms with Gasteiger partial charge in [-0.25, -0.2) is 4.39 Å². The molecule has 0 saturated carbocycles. The zero-order valence-electron chi connectivity index (χ0n) is 18.7. The lowest BCUT2D eigenvalue weighted by atomic mass is 10.1. The van der Waals surface area contributed by atoms with Gasteiger partial charge in [0, 0.05) is 17.2 Å². The second kappa shape index (κ2) is 9.24. The highest BCUT2D eigenvalue weighted by atomic mass is 19.1. The summed E-state index contributed by atoms with van der Waals surface area (Å²) in [5.74, 6) is 2.16. The largest absolute Gasteiger partial charge is 0.496 e. The van der Waals surface area contributed by atoms with Crippen molar-refractivity contribution in [3.8, 4) is 28.7 Å². The molecule has 170 valence electrons. The van der Waals surface area contributed by atoms with Crippen LogP contribution in [0.3, 0.4) is 0 Å². The summed E-state index contributed by atoms with van der Waals surface area (Å²) in [7, 11) is 4.60. The van der Waals surface area contributed by atoms with E-state index in [-0.39, 0.29) is 24.0 Å². The van der Waals surface area contributed by atoms with Crippen LogP contribution >= 0.6 is 0 Å². The molecule has 0 amide bonds. The highest BCUT2D eigenvalue weighted by molar-refractivity contribution is 6.15. The van der Waals surface area contributed by atoms with Crippen molar-refractivity contribution < 1.29 is 32.9 Å². The molecule has 0 radical (unpaired) electrons. The van der Waals surface area contributed by atoms with Gasteiger partial charge >= 0.3 is 0 Å². The van der Waals surface area contributed by atoms with E-state index < -0.39 is 0 Å². The molecule has 1 heterocycles. The van der Waals surface area contributed by atoms with Crippen LogP contribution in [0.25, 0.3) is 6.08 Å². The van der Waals surface area contributed by atoms with Gasteiger partial charge in [-0.2, -0.15) is 0 Å². The van der Waals surface area contributed by atoms with Crippen LogP contribution in [-0.2, 0) is 6.61 Å². The van der Waals surface area contributed by atoms with Crippen LogP contribution < -0.4 is 23.7 Å². The van der Waals surface area contributed by atoms with E-state index in [1.165, 1.54) is 33.5 Å². The predicted molar refractivity (Wildman–Crippen MR) is 121 cm³/mol. The van der Waals surface area contributed by atoms with Crippen LogP contribution in [0.1, 0.15) is 27.0 Å². The van der Waals surface area contributed by atoms with Crippen molar-refractivity contribution in [1.82, 2.24) is 0 Å². The fourth-order valence-corrected chi connectivity index (χ4v) is 3.57. The summed E-state index contributed by atoms with van der Waals surface area (Å²) in [4.78, 5) is 13.0. The number of benzene rings is 3. The Hall–Kier alpha value is -4.00. The number of fused-ring (bicyclic) bond motifs is 1. The molecule has 7 heteroatoms. The van der Waals surface area contributed by atoms with Gasteiger partial charge < -0.3 is 23.7 Å². The normalized spacial score (nSPS) is 13.5. The number of Topliss-reactive ketones (excluding diaryl/α,β-unsaturated/α-hetero) is 1. The lowest BCUT2D eigenvalue weighted by molar-refractivity contribution is 0.101. The Bertz CT molecular complexity index is 1230. The SMILES string of the molecule is COc1cc(OC)c(OC)cc1/C=C1\Oc2c(ccc(OCc3ccc(F)cc3)c2C)C1=O. The van der Waals surface area contributed by atoms with Crippen LogP contribution in [-0.4, -0.2) is 27.1 Å². The first-order valence-corrected chi connectivity index (χ1v) is 10.2. The number of ether oxygens (including phenoxy) is 5. The molecule has 3 aromatic carbocycles. The van der Waals surface area contributed by atoms with E-state index in [9.17, 15) is 9.18 Å². The summed E-state index contributed by atoms with van der Waals surface area (Å²) >= 11 is 0. The molecule has 6 nitrogen and oxygen atoms in total. The maximum absolute atomic E-state index is 13.1. The van der Waals surface area contributed by atoms with E-state index in [1.807, 2.05) is 6.92 Å². The summed E-state index contributed by atoms with van der Waals surface area (Å²) < 4.78 is 41.1. The predicted octanol–water partition coefficient (Wildman–Crippen LogP) is 5.36. The third-order valence-electron chi connectivity index (χ3n) is 5.37. The maximum Gasteiger partial charge on any atom is 0.231 e. The van der Waals surface area contributed by atoms with Gasteiger partial charge in [0.25, 0.3) is 0 Å². The molecule has 0 spiro atoms. The second-order valence-electron chi connectivity index (χ2n) is 7.37. The minimum atomic E-state index is -0.301. The van der Waals surface area contributed by atoms with Crippen molar-refractivity contribution in [1.29, 1.82) is 0 Å². The van der Waals surface area contributed by atoms with Crippen LogP contribution in [0, 0.1) is 12.7 Å². The third-order valence-corrected chi connectivity index (χ3v) is 5.37. The van der Waals surface area contributed by atoms with Gasteiger partial charge in [-0.15, -0.1) is 0 Å². The van der Waals surface area contributed by atoms with E-state index in [2.05, 4.69) is 0 Å². The average Bonchev–Trinajstić information content (AvgIpc) is 3.15. The Labute approximate surface area is 191 Å². The molecule has 0 aliphatic carbocycles. The van der Waals surface area contributed by atoms with Crippen molar-refractivity contribution in [2.75, 3.05) is 21.3 Å². The minimum absolute atomic E-state index is 0.161. The molecule has 0 saturated heterocycles. The Kier molecular flexibility index (Phi) is 6.22. The minimum Gasteiger partial charge on any atom is -0.496 e. The Morgan fingerprint density at radius 1 is 0.879 bits per heavy atom. The number of methoxy groups -OCH3 is 3. The summed E-state index contributed by atoms with van der Waals surface area (Å²) in [5, 5.41) is 0. The molecule has 0 fully saturated rings. The summed E-state index contributed by atoms with van der Waals surface area (Å²) in [5.41, 5.74) is 2.59. The summed E-state index contributed by atoms with van der Waals surface area (Å²) in [6.45, 7) is 2.09. The summed E-state index contributed by atoms with van der Waals surface area (Å²) in [6, 6.07) is 12.9. The molecule has 1 aliphatic heterocycles. The molecule has 3 aromatic rings. The zero-order valence-corrected chi connectivity index (χ0v) is 18.7. The molecule has 33 heavy (non-hydrogen) atoms. The molecule has 0 aromatic heterocycles. The smallest absolute Gasteiger partial charge is 0.231 e. The molecule has 0 atom stereocenters. The van der Waals surface area contributed by atoms with E-state index in [4.69, 9.17) is 23.7 Å². The van der Waals surface area contributed by atoms with Crippen LogP contribution in [0.5, 0.6) is 28.7 Å². The number of ketones is 1. The topological polar surface area (TPSA) is 63.2 Å². The molecule has 1 aliphatic rings. The fraction of sp³-hybridized carbons (Fsp3) is 0.192. The quantitative estimate of drug-likeness (QED) is 0.452. The molecule has 0 unspecified atom stereocenters. The van der Waals surface area contributed by atoms with Gasteiger partial charge in [-0.1, -0.05) is 12.1 Å². The van der Waals surface area contributed by atoms with Gasteiger partial charge in [-0.05, 0) is 48.9 Å². The van der Waals surface area contributed by atoms with Gasteiger partial charge in [0.1, 0.15) is 29.7 Å². The molecule has 0 bridgehead atoms. The van der Waals surface area contributed by atoms with Gasteiger partial charge in [0.05, 0.1) is 26.9 Å². The van der Waals surface area contributed by atoms with Gasteiger partial charge in [0.2, 0.25) is 5.78 Å². The number of hydrogen-bond donors (Lipinski definition) is 0. The van der Waals surface area contributed by atoms with Crippen LogP contribution in [0.4, 0.5) is 4.39 Å². The van der Waals surface area contributed by atoms with E-state index in [0.29, 0.717) is 45.4 Å². The second-order valence-corrected chi connectivity index (χ2v) is 7.37. The van der Waals surface area contributed by atoms with Gasteiger partial charge in [0.15, 0.2) is 17.3 Å². The Morgan fingerprint density at radius 2 is 1.55 bits per heavy atom. The number of allylic oxidation sites excluding steroid dienone is 1. The number of carbonyl (C=O) groups excluding carboxylic acids is 1. The van der Waals surface area contributed by atoms with Crippen molar-refractivity contribution in [2.45, 2.75) is 13.5 Å². The number of halogens is 1. The molecular formula is C26H23FO6. The first-order valence-electron chi connectivity index (χ1n) is 10.2. The van der Waals surface area contributed by atoms with E-state index in [0.717, 1.165) is 5.56 Å². The standard InChI is InChI=1S/C26H23FO6/c1-15-20(32-14-16-5-7-18(27)8-6-16)10-9-19-25(28)24(33-26(15)19)12-17-11-22(30-3)23(31-4)13-21(17)29-2/h5-13H,14H2,1-4H3/b24-12-. The third kappa shape index (κ3) is 4.35. The zero-order chi connectivity index (χ0) is 23.5. The van der Waals surface area contributed by atoms with E-state index in [1.54, 1.807) is 42.5 Å². The van der Waals surface area contributed by atoms with Crippen molar-refractivity contribution in [3.63, 3.8) is 0 Å². The maximum atomic E-state index is 13.1. The fourth-order valence-electron chi connectivity index (χ4n) is 3.57. The van der Waals surface area contributed by atoms with Gasteiger partial charge in [-0.3, -0.25) is 4.79 Å². The molecule has 0 N–H and O–H groups in total. The first-order chi connectivity index (χ1) is 15.9. The lowest BCUT2D eigenvalue weighted by Gasteiger charge is -2.13.